The largest absolute Gasteiger partial charge is 0.352 e. The molecule has 0 aromatic rings. The summed E-state index contributed by atoms with van der Waals surface area (Å²) in [7, 11) is 0. The van der Waals surface area contributed by atoms with Gasteiger partial charge in [-0.05, 0) is 33.6 Å². The molecule has 1 saturated heterocycles. The van der Waals surface area contributed by atoms with E-state index in [2.05, 4.69) is 29.4 Å². The van der Waals surface area contributed by atoms with Gasteiger partial charge in [0.15, 0.2) is 0 Å². The molecule has 2 aliphatic rings. The van der Waals surface area contributed by atoms with E-state index in [4.69, 9.17) is 0 Å². The van der Waals surface area contributed by atoms with Crippen LogP contribution in [0.2, 0.25) is 0 Å². The Hall–Kier alpha value is -0.610. The molecule has 110 valence electrons. The van der Waals surface area contributed by atoms with Crippen molar-refractivity contribution in [3.05, 3.63) is 0 Å². The average Bonchev–Trinajstić information content (AvgIpc) is 2.42. The summed E-state index contributed by atoms with van der Waals surface area (Å²) < 4.78 is 0. The number of nitrogens with zero attached hydrogens (tertiary/aromatic N) is 1. The van der Waals surface area contributed by atoms with Crippen molar-refractivity contribution in [2.45, 2.75) is 77.0 Å². The Morgan fingerprint density at radius 3 is 2.63 bits per heavy atom. The molecule has 1 aliphatic carbocycles. The predicted molar refractivity (Wildman–Crippen MR) is 78.1 cm³/mol. The predicted octanol–water partition coefficient (Wildman–Crippen LogP) is 1.51. The first kappa shape index (κ1) is 14.8. The van der Waals surface area contributed by atoms with E-state index < -0.39 is 0 Å². The Morgan fingerprint density at radius 1 is 1.26 bits per heavy atom. The molecule has 3 atom stereocenters. The van der Waals surface area contributed by atoms with Gasteiger partial charge in [0.25, 0.3) is 0 Å². The summed E-state index contributed by atoms with van der Waals surface area (Å²) in [6, 6.07) is 1.31. The molecule has 4 nitrogen and oxygen atoms in total. The maximum atomic E-state index is 12.4. The van der Waals surface area contributed by atoms with E-state index in [1.54, 1.807) is 0 Å². The summed E-state index contributed by atoms with van der Waals surface area (Å²) in [6.07, 6.45) is 6.17. The maximum absolute atomic E-state index is 12.4. The summed E-state index contributed by atoms with van der Waals surface area (Å²) >= 11 is 0. The Morgan fingerprint density at radius 2 is 1.95 bits per heavy atom. The molecule has 3 unspecified atom stereocenters. The highest BCUT2D eigenvalue weighted by Crippen LogP contribution is 2.18. The molecular formula is C15H29N3O. The molecule has 1 amide bonds. The number of carbonyl (C=O) groups is 1. The third-order valence-corrected chi connectivity index (χ3v) is 4.64. The van der Waals surface area contributed by atoms with Gasteiger partial charge < -0.3 is 10.6 Å². The van der Waals surface area contributed by atoms with Gasteiger partial charge in [0, 0.05) is 31.2 Å². The molecule has 0 aromatic carbocycles. The second kappa shape index (κ2) is 6.71. The fourth-order valence-electron chi connectivity index (χ4n) is 3.31. The third kappa shape index (κ3) is 3.93. The minimum atomic E-state index is -0.0125. The lowest BCUT2D eigenvalue weighted by molar-refractivity contribution is -0.128. The van der Waals surface area contributed by atoms with Crippen LogP contribution < -0.4 is 10.6 Å². The number of nitrogens with one attached hydrogen (secondary N) is 2. The van der Waals surface area contributed by atoms with E-state index in [1.807, 2.05) is 6.92 Å². The number of hydrogen-bond donors (Lipinski definition) is 2. The monoisotopic (exact) mass is 267 g/mol. The fourth-order valence-corrected chi connectivity index (χ4v) is 3.31. The highest BCUT2D eigenvalue weighted by molar-refractivity contribution is 5.81. The van der Waals surface area contributed by atoms with Gasteiger partial charge in [0.2, 0.25) is 5.91 Å². The van der Waals surface area contributed by atoms with E-state index >= 15 is 0 Å². The third-order valence-electron chi connectivity index (χ3n) is 4.64. The number of amides is 1. The first-order valence-corrected chi connectivity index (χ1v) is 7.87. The van der Waals surface area contributed by atoms with Crippen LogP contribution in [0.4, 0.5) is 0 Å². The Labute approximate surface area is 117 Å². The van der Waals surface area contributed by atoms with Crippen molar-refractivity contribution in [3.8, 4) is 0 Å². The maximum Gasteiger partial charge on any atom is 0.237 e. The van der Waals surface area contributed by atoms with E-state index in [0.717, 1.165) is 25.9 Å². The van der Waals surface area contributed by atoms with Crippen molar-refractivity contribution >= 4 is 5.91 Å². The Bertz CT molecular complexity index is 302. The van der Waals surface area contributed by atoms with E-state index in [1.165, 1.54) is 19.3 Å². The minimum absolute atomic E-state index is 0.0125. The van der Waals surface area contributed by atoms with Crippen LogP contribution in [0.25, 0.3) is 0 Å². The quantitative estimate of drug-likeness (QED) is 0.814. The van der Waals surface area contributed by atoms with Crippen LogP contribution in [0.5, 0.6) is 0 Å². The van der Waals surface area contributed by atoms with Crippen molar-refractivity contribution in [2.75, 3.05) is 13.1 Å². The number of rotatable bonds is 3. The van der Waals surface area contributed by atoms with Crippen LogP contribution in [0.15, 0.2) is 0 Å². The van der Waals surface area contributed by atoms with Crippen LogP contribution in [-0.4, -0.2) is 48.1 Å². The zero-order valence-electron chi connectivity index (χ0n) is 12.6. The summed E-state index contributed by atoms with van der Waals surface area (Å²) in [6.45, 7) is 8.36. The molecule has 2 N–H and O–H groups in total. The lowest BCUT2D eigenvalue weighted by Crippen LogP contribution is -2.60. The molecule has 0 bridgehead atoms. The number of hydrogen-bond acceptors (Lipinski definition) is 3. The molecule has 2 fully saturated rings. The summed E-state index contributed by atoms with van der Waals surface area (Å²) in [5.41, 5.74) is 0. The average molecular weight is 267 g/mol. The Kier molecular flexibility index (Phi) is 5.22. The van der Waals surface area contributed by atoms with Crippen molar-refractivity contribution < 1.29 is 4.79 Å². The second-order valence-corrected chi connectivity index (χ2v) is 6.37. The van der Waals surface area contributed by atoms with Crippen LogP contribution in [0, 0.1) is 0 Å². The van der Waals surface area contributed by atoms with Gasteiger partial charge in [0.1, 0.15) is 0 Å². The van der Waals surface area contributed by atoms with Gasteiger partial charge in [-0.15, -0.1) is 0 Å². The van der Waals surface area contributed by atoms with Gasteiger partial charge in [-0.3, -0.25) is 9.69 Å². The Balaban J connectivity index is 1.86. The second-order valence-electron chi connectivity index (χ2n) is 6.37. The van der Waals surface area contributed by atoms with E-state index in [9.17, 15) is 4.79 Å². The van der Waals surface area contributed by atoms with Crippen molar-refractivity contribution in [1.29, 1.82) is 0 Å². The van der Waals surface area contributed by atoms with Crippen molar-refractivity contribution in [1.82, 2.24) is 15.5 Å². The molecular weight excluding hydrogens is 238 g/mol. The van der Waals surface area contributed by atoms with Gasteiger partial charge in [-0.2, -0.15) is 0 Å². The van der Waals surface area contributed by atoms with Crippen LogP contribution >= 0.6 is 0 Å². The van der Waals surface area contributed by atoms with Gasteiger partial charge in [0.05, 0.1) is 6.04 Å². The van der Waals surface area contributed by atoms with Crippen LogP contribution in [0.3, 0.4) is 0 Å². The number of carbonyl (C=O) groups excluding carboxylic acids is 1. The zero-order chi connectivity index (χ0) is 13.8. The normalized spacial score (nSPS) is 31.9. The van der Waals surface area contributed by atoms with Crippen molar-refractivity contribution in [3.63, 3.8) is 0 Å². The molecule has 19 heavy (non-hydrogen) atoms. The number of piperazine rings is 1. The van der Waals surface area contributed by atoms with E-state index in [0.29, 0.717) is 18.1 Å². The molecule has 4 heteroatoms. The fraction of sp³-hybridized carbons (Fsp3) is 0.933. The topological polar surface area (TPSA) is 44.4 Å². The standard InChI is InChI=1S/C15H29N3O/c1-11-10-18(12(2)9-16-11)13(3)15(19)17-14-7-5-4-6-8-14/h11-14,16H,4-10H2,1-3H3,(H,17,19). The molecule has 1 saturated carbocycles. The first-order chi connectivity index (χ1) is 9.08. The molecule has 0 aromatic heterocycles. The SMILES string of the molecule is CC1CN(C(C)C(=O)NC2CCCCC2)C(C)CN1. The highest BCUT2D eigenvalue weighted by atomic mass is 16.2. The first-order valence-electron chi connectivity index (χ1n) is 7.87. The summed E-state index contributed by atoms with van der Waals surface area (Å²) in [5, 5.41) is 6.71. The lowest BCUT2D eigenvalue weighted by Gasteiger charge is -2.41. The van der Waals surface area contributed by atoms with Gasteiger partial charge >= 0.3 is 0 Å². The van der Waals surface area contributed by atoms with Gasteiger partial charge in [-0.1, -0.05) is 19.3 Å². The summed E-state index contributed by atoms with van der Waals surface area (Å²) in [4.78, 5) is 14.7. The molecule has 1 heterocycles. The molecule has 1 aliphatic heterocycles. The lowest BCUT2D eigenvalue weighted by atomic mass is 9.95. The van der Waals surface area contributed by atoms with Crippen molar-refractivity contribution in [2.24, 2.45) is 0 Å². The molecule has 2 rings (SSSR count). The smallest absolute Gasteiger partial charge is 0.237 e. The molecule has 0 radical (unpaired) electrons. The van der Waals surface area contributed by atoms with Gasteiger partial charge in [-0.25, -0.2) is 0 Å². The van der Waals surface area contributed by atoms with E-state index in [-0.39, 0.29) is 11.9 Å². The summed E-state index contributed by atoms with van der Waals surface area (Å²) in [5.74, 6) is 0.216. The van der Waals surface area contributed by atoms with Crippen LogP contribution in [-0.2, 0) is 4.79 Å². The highest BCUT2D eigenvalue weighted by Gasteiger charge is 2.31. The molecule has 0 spiro atoms. The zero-order valence-corrected chi connectivity index (χ0v) is 12.6. The van der Waals surface area contributed by atoms with Crippen LogP contribution in [0.1, 0.15) is 52.9 Å². The minimum Gasteiger partial charge on any atom is -0.352 e.